The fourth-order valence-corrected chi connectivity index (χ4v) is 14.3. The Balaban J connectivity index is 1.03. The minimum atomic E-state index is -0.209. The van der Waals surface area contributed by atoms with Crippen LogP contribution in [0, 0.1) is 11.3 Å². The van der Waals surface area contributed by atoms with E-state index in [4.69, 9.17) is 4.42 Å². The van der Waals surface area contributed by atoms with Crippen LogP contribution in [0.5, 0.6) is 0 Å². The largest absolute Gasteiger partial charge is 0.456 e. The van der Waals surface area contributed by atoms with Gasteiger partial charge < -0.3 is 23.7 Å². The van der Waals surface area contributed by atoms with Crippen molar-refractivity contribution < 1.29 is 4.42 Å². The number of anilines is 9. The summed E-state index contributed by atoms with van der Waals surface area (Å²) in [6.07, 6.45) is 0. The average Bonchev–Trinajstić information content (AvgIpc) is 1.16. The molecule has 0 saturated carbocycles. The van der Waals surface area contributed by atoms with Crippen LogP contribution in [-0.4, -0.2) is 11.3 Å². The maximum absolute atomic E-state index is 11.5. The molecule has 0 N–H and O–H groups in total. The molecule has 7 heteroatoms. The van der Waals surface area contributed by atoms with Gasteiger partial charge in [0.1, 0.15) is 11.2 Å². The number of rotatable bonds is 5. The van der Waals surface area contributed by atoms with E-state index in [1.807, 2.05) is 6.07 Å². The Kier molecular flexibility index (Phi) is 11.9. The second kappa shape index (κ2) is 18.9. The lowest BCUT2D eigenvalue weighted by Crippen LogP contribution is -2.62. The Morgan fingerprint density at radius 2 is 0.977 bits per heavy atom. The maximum Gasteiger partial charge on any atom is 0.252 e. The van der Waals surface area contributed by atoms with Gasteiger partial charge in [0.2, 0.25) is 0 Å². The molecule has 0 amide bonds. The molecule has 0 radical (unpaired) electrons. The molecule has 6 nitrogen and oxygen atoms in total. The van der Waals surface area contributed by atoms with Crippen LogP contribution in [0.25, 0.3) is 60.6 Å². The molecule has 0 saturated heterocycles. The Morgan fingerprint density at radius 3 is 1.60 bits per heavy atom. The van der Waals surface area contributed by atoms with Crippen LogP contribution in [0.1, 0.15) is 137 Å². The molecule has 2 aromatic heterocycles. The number of furan rings is 1. The zero-order chi connectivity index (χ0) is 61.5. The summed E-state index contributed by atoms with van der Waals surface area (Å²) >= 11 is 0. The lowest BCUT2D eigenvalue weighted by Gasteiger charge is -2.47. The molecule has 5 heterocycles. The van der Waals surface area contributed by atoms with Crippen molar-refractivity contribution in [1.29, 1.82) is 5.26 Å². The molecule has 0 bridgehead atoms. The van der Waals surface area contributed by atoms with Gasteiger partial charge in [-0.25, -0.2) is 0 Å². The second-order valence-corrected chi connectivity index (χ2v) is 30.3. The molecule has 88 heavy (non-hydrogen) atoms. The van der Waals surface area contributed by atoms with E-state index in [0.717, 1.165) is 89.9 Å². The molecule has 434 valence electrons. The van der Waals surface area contributed by atoms with Crippen LogP contribution in [0.2, 0.25) is 0 Å². The number of fused-ring (bicyclic) bond motifs is 12. The molecule has 12 aromatic rings. The lowest BCUT2D eigenvalue weighted by atomic mass is 9.33. The second-order valence-electron chi connectivity index (χ2n) is 30.3. The first kappa shape index (κ1) is 55.3. The fraction of sp³-hybridized carbons (Fsp3) is 0.247. The highest BCUT2D eigenvalue weighted by atomic mass is 16.3. The van der Waals surface area contributed by atoms with Gasteiger partial charge in [0.05, 0.1) is 39.7 Å². The summed E-state index contributed by atoms with van der Waals surface area (Å²) in [5, 5.41) is 16.2. The van der Waals surface area contributed by atoms with E-state index in [9.17, 15) is 5.26 Å². The number of benzene rings is 10. The van der Waals surface area contributed by atoms with E-state index in [0.29, 0.717) is 5.56 Å². The van der Waals surface area contributed by atoms with Crippen LogP contribution >= 0.6 is 0 Å². The first-order valence-corrected chi connectivity index (χ1v) is 31.4. The number of hydrogen-bond acceptors (Lipinski definition) is 5. The molecule has 0 spiro atoms. The quantitative estimate of drug-likeness (QED) is 0.161. The molecule has 3 aliphatic heterocycles. The Labute approximate surface area is 519 Å². The van der Waals surface area contributed by atoms with Crippen molar-refractivity contribution in [1.82, 2.24) is 4.57 Å². The summed E-state index contributed by atoms with van der Waals surface area (Å²) in [5.41, 5.74) is 27.3. The lowest BCUT2D eigenvalue weighted by molar-refractivity contribution is 0.590. The van der Waals surface area contributed by atoms with Crippen LogP contribution < -0.4 is 31.1 Å². The third-order valence-electron chi connectivity index (χ3n) is 19.3. The summed E-state index contributed by atoms with van der Waals surface area (Å²) < 4.78 is 9.02. The zero-order valence-electron chi connectivity index (χ0n) is 53.6. The topological polar surface area (TPSA) is 51.6 Å². The standard InChI is InChI=1S/C81H76BN5O/c1-77(2,3)50-25-32-55(33-26-50)84(56-34-27-51(28-35-56)78(4,5)6)58-36-37-63-66(46-58)85(57-30-23-49(24-31-57)59-20-18-22-72-73(59)60-19-16-17-21-71(60)88-72)67-39-48(47-83)40-68-74(67)82(63)64-43-54(81(13,14)15)45-70-76(64)87(68)69-44-53(80(10,11)12)42-62-61-41-52(79(7,8)9)29-38-65(61)86(70)75(62)69/h16-46H,1-15H3. The van der Waals surface area contributed by atoms with E-state index < -0.39 is 0 Å². The molecule has 0 fully saturated rings. The van der Waals surface area contributed by atoms with Gasteiger partial charge in [-0.3, -0.25) is 0 Å². The Hall–Kier alpha value is -9.25. The van der Waals surface area contributed by atoms with E-state index >= 15 is 0 Å². The molecule has 0 atom stereocenters. The summed E-state index contributed by atoms with van der Waals surface area (Å²) in [5.74, 6) is 0. The normalized spacial score (nSPS) is 13.8. The van der Waals surface area contributed by atoms with Crippen molar-refractivity contribution >= 4 is 118 Å². The summed E-state index contributed by atoms with van der Waals surface area (Å²) in [6, 6.07) is 73.5. The van der Waals surface area contributed by atoms with Gasteiger partial charge >= 0.3 is 0 Å². The van der Waals surface area contributed by atoms with E-state index in [2.05, 4.69) is 311 Å². The summed E-state index contributed by atoms with van der Waals surface area (Å²) in [7, 11) is 0. The number of para-hydroxylation sites is 1. The number of nitrogens with zero attached hydrogens (tertiary/aromatic N) is 5. The average molecular weight is 1150 g/mol. The number of aromatic nitrogens is 1. The highest BCUT2D eigenvalue weighted by Crippen LogP contribution is 2.55. The first-order valence-electron chi connectivity index (χ1n) is 31.4. The Bertz CT molecular complexity index is 4880. The first-order chi connectivity index (χ1) is 41.7. The highest BCUT2D eigenvalue weighted by Gasteiger charge is 2.48. The molecule has 3 aliphatic rings. The van der Waals surface area contributed by atoms with Crippen LogP contribution in [0.15, 0.2) is 192 Å². The van der Waals surface area contributed by atoms with E-state index in [1.165, 1.54) is 66.0 Å². The predicted octanol–water partition coefficient (Wildman–Crippen LogP) is 20.6. The van der Waals surface area contributed by atoms with Crippen molar-refractivity contribution in [3.8, 4) is 22.9 Å². The van der Waals surface area contributed by atoms with Crippen LogP contribution in [-0.2, 0) is 27.1 Å². The molecular formula is C81H76BN5O. The summed E-state index contributed by atoms with van der Waals surface area (Å²) in [6.45, 7) is 34.5. The van der Waals surface area contributed by atoms with E-state index in [1.54, 1.807) is 0 Å². The number of nitriles is 1. The molecule has 15 rings (SSSR count). The van der Waals surface area contributed by atoms with Gasteiger partial charge in [0, 0.05) is 61.4 Å². The highest BCUT2D eigenvalue weighted by molar-refractivity contribution is 7.00. The predicted molar refractivity (Wildman–Crippen MR) is 374 cm³/mol. The van der Waals surface area contributed by atoms with E-state index in [-0.39, 0.29) is 33.8 Å². The minimum absolute atomic E-state index is 0.0147. The van der Waals surface area contributed by atoms with Crippen molar-refractivity contribution in [3.05, 3.63) is 221 Å². The molecular weight excluding hydrogens is 1070 g/mol. The van der Waals surface area contributed by atoms with Gasteiger partial charge in [-0.2, -0.15) is 5.26 Å². The minimum Gasteiger partial charge on any atom is -0.456 e. The molecule has 0 aliphatic carbocycles. The van der Waals surface area contributed by atoms with Gasteiger partial charge in [-0.05, 0) is 186 Å². The van der Waals surface area contributed by atoms with Gasteiger partial charge in [-0.1, -0.05) is 189 Å². The van der Waals surface area contributed by atoms with Crippen molar-refractivity contribution in [2.45, 2.75) is 131 Å². The van der Waals surface area contributed by atoms with Crippen LogP contribution in [0.3, 0.4) is 0 Å². The van der Waals surface area contributed by atoms with Crippen molar-refractivity contribution in [2.24, 2.45) is 0 Å². The molecule has 10 aromatic carbocycles. The monoisotopic (exact) mass is 1150 g/mol. The zero-order valence-corrected chi connectivity index (χ0v) is 53.6. The van der Waals surface area contributed by atoms with Crippen molar-refractivity contribution in [2.75, 3.05) is 14.7 Å². The fourth-order valence-electron chi connectivity index (χ4n) is 14.3. The SMILES string of the molecule is CC(C)(C)c1ccc(N(c2ccc(C(C)(C)C)cc2)c2ccc3c(c2)N(c2ccc(-c4cccc5oc6ccccc6c45)cc2)c2cc(C#N)cc4c2B3c2cc(C(C)(C)C)cc3c2N4c2cc(C(C)(C)C)cc4c5cc(C(C)(C)C)ccc5n-3c24)cc1. The smallest absolute Gasteiger partial charge is 0.252 e. The van der Waals surface area contributed by atoms with Gasteiger partial charge in [0.15, 0.2) is 0 Å². The van der Waals surface area contributed by atoms with Crippen molar-refractivity contribution in [3.63, 3.8) is 0 Å². The third kappa shape index (κ3) is 8.49. The van der Waals surface area contributed by atoms with Gasteiger partial charge in [0.25, 0.3) is 6.71 Å². The third-order valence-corrected chi connectivity index (χ3v) is 19.3. The maximum atomic E-state index is 11.5. The molecule has 0 unspecified atom stereocenters. The van der Waals surface area contributed by atoms with Gasteiger partial charge in [-0.15, -0.1) is 0 Å². The summed E-state index contributed by atoms with van der Waals surface area (Å²) in [4.78, 5) is 7.45. The Morgan fingerprint density at radius 1 is 0.420 bits per heavy atom. The van der Waals surface area contributed by atoms with Crippen LogP contribution in [0.4, 0.5) is 51.2 Å². The number of hydrogen-bond donors (Lipinski definition) is 0.